The number of carbonyl (C=O) groups is 1. The van der Waals surface area contributed by atoms with Crippen LogP contribution in [0, 0.1) is 0 Å². The van der Waals surface area contributed by atoms with Crippen molar-refractivity contribution in [3.05, 3.63) is 54.4 Å². The Bertz CT molecular complexity index is 731. The number of aromatic amines is 1. The molecule has 88 valence electrons. The van der Waals surface area contributed by atoms with Crippen LogP contribution in [0.1, 0.15) is 10.4 Å². The number of hydrogen-bond donors (Lipinski definition) is 2. The van der Waals surface area contributed by atoms with Crippen LogP contribution in [0.3, 0.4) is 0 Å². The average Bonchev–Trinajstić information content (AvgIpc) is 2.85. The maximum Gasteiger partial charge on any atom is 0.336 e. The molecule has 1 aromatic heterocycles. The lowest BCUT2D eigenvalue weighted by Crippen LogP contribution is -1.98. The molecule has 0 aliphatic rings. The van der Waals surface area contributed by atoms with Crippen LogP contribution >= 0.6 is 0 Å². The van der Waals surface area contributed by atoms with E-state index < -0.39 is 5.97 Å². The molecule has 0 saturated heterocycles. The van der Waals surface area contributed by atoms with Gasteiger partial charge in [-0.3, -0.25) is 0 Å². The monoisotopic (exact) mass is 238 g/mol. The van der Waals surface area contributed by atoms with Crippen LogP contribution in [0.2, 0.25) is 0 Å². The van der Waals surface area contributed by atoms with Crippen molar-refractivity contribution in [3.8, 4) is 11.1 Å². The van der Waals surface area contributed by atoms with E-state index >= 15 is 0 Å². The average molecular weight is 238 g/mol. The van der Waals surface area contributed by atoms with Gasteiger partial charge in [-0.2, -0.15) is 0 Å². The molecule has 3 aromatic rings. The standard InChI is InChI=1S/C14H10N2O2/c17-14(18)11-4-2-1-3-10(11)9-5-6-12-13(7-9)16-8-15-12/h1-8H,(H,15,16)(H,17,18). The number of imidazole rings is 1. The fourth-order valence-electron chi connectivity index (χ4n) is 2.02. The Morgan fingerprint density at radius 3 is 2.83 bits per heavy atom. The molecule has 4 heteroatoms. The van der Waals surface area contributed by atoms with Gasteiger partial charge in [0.05, 0.1) is 22.9 Å². The third-order valence-electron chi connectivity index (χ3n) is 2.89. The predicted molar refractivity (Wildman–Crippen MR) is 68.5 cm³/mol. The lowest BCUT2D eigenvalue weighted by Gasteiger charge is -2.05. The summed E-state index contributed by atoms with van der Waals surface area (Å²) in [5, 5.41) is 9.18. The lowest BCUT2D eigenvalue weighted by molar-refractivity contribution is 0.0697. The van der Waals surface area contributed by atoms with Gasteiger partial charge in [0, 0.05) is 0 Å². The van der Waals surface area contributed by atoms with Crippen LogP contribution in [0.15, 0.2) is 48.8 Å². The molecule has 18 heavy (non-hydrogen) atoms. The number of rotatable bonds is 2. The van der Waals surface area contributed by atoms with Gasteiger partial charge >= 0.3 is 5.97 Å². The second kappa shape index (κ2) is 4.00. The highest BCUT2D eigenvalue weighted by Crippen LogP contribution is 2.26. The SMILES string of the molecule is O=C(O)c1ccccc1-c1ccc2nc[nH]c2c1. The molecule has 0 atom stereocenters. The number of benzene rings is 2. The van der Waals surface area contributed by atoms with Crippen molar-refractivity contribution in [2.24, 2.45) is 0 Å². The Morgan fingerprint density at radius 1 is 1.17 bits per heavy atom. The van der Waals surface area contributed by atoms with E-state index in [1.54, 1.807) is 24.5 Å². The maximum atomic E-state index is 11.2. The minimum Gasteiger partial charge on any atom is -0.478 e. The van der Waals surface area contributed by atoms with Crippen molar-refractivity contribution in [2.75, 3.05) is 0 Å². The van der Waals surface area contributed by atoms with E-state index in [2.05, 4.69) is 9.97 Å². The Morgan fingerprint density at radius 2 is 2.00 bits per heavy atom. The van der Waals surface area contributed by atoms with Crippen LogP contribution in [0.5, 0.6) is 0 Å². The summed E-state index contributed by atoms with van der Waals surface area (Å²) in [6.45, 7) is 0. The maximum absolute atomic E-state index is 11.2. The van der Waals surface area contributed by atoms with Crippen molar-refractivity contribution < 1.29 is 9.90 Å². The van der Waals surface area contributed by atoms with Crippen LogP contribution in [0.4, 0.5) is 0 Å². The molecule has 1 heterocycles. The van der Waals surface area contributed by atoms with E-state index in [0.29, 0.717) is 11.1 Å². The van der Waals surface area contributed by atoms with Gasteiger partial charge < -0.3 is 10.1 Å². The summed E-state index contributed by atoms with van der Waals surface area (Å²) in [6.07, 6.45) is 1.62. The first kappa shape index (κ1) is 10.5. The molecule has 0 spiro atoms. The zero-order chi connectivity index (χ0) is 12.5. The molecule has 0 aliphatic heterocycles. The number of carboxylic acid groups (broad SMARTS) is 1. The number of hydrogen-bond acceptors (Lipinski definition) is 2. The van der Waals surface area contributed by atoms with Crippen molar-refractivity contribution in [3.63, 3.8) is 0 Å². The highest BCUT2D eigenvalue weighted by molar-refractivity contribution is 5.97. The zero-order valence-electron chi connectivity index (χ0n) is 9.42. The summed E-state index contributed by atoms with van der Waals surface area (Å²) in [5.41, 5.74) is 3.64. The largest absolute Gasteiger partial charge is 0.478 e. The topological polar surface area (TPSA) is 66.0 Å². The van der Waals surface area contributed by atoms with E-state index in [-0.39, 0.29) is 0 Å². The minimum absolute atomic E-state index is 0.302. The van der Waals surface area contributed by atoms with E-state index in [9.17, 15) is 9.90 Å². The number of carboxylic acids is 1. The van der Waals surface area contributed by atoms with Gasteiger partial charge in [-0.15, -0.1) is 0 Å². The van der Waals surface area contributed by atoms with E-state index in [1.807, 2.05) is 24.3 Å². The summed E-state index contributed by atoms with van der Waals surface area (Å²) < 4.78 is 0. The summed E-state index contributed by atoms with van der Waals surface area (Å²) in [7, 11) is 0. The number of aromatic carboxylic acids is 1. The second-order valence-corrected chi connectivity index (χ2v) is 3.99. The van der Waals surface area contributed by atoms with Crippen molar-refractivity contribution in [1.29, 1.82) is 0 Å². The third kappa shape index (κ3) is 1.64. The molecule has 4 nitrogen and oxygen atoms in total. The number of fused-ring (bicyclic) bond motifs is 1. The zero-order valence-corrected chi connectivity index (χ0v) is 9.42. The molecular formula is C14H10N2O2. The van der Waals surface area contributed by atoms with E-state index in [1.165, 1.54) is 0 Å². The minimum atomic E-state index is -0.921. The predicted octanol–water partition coefficient (Wildman–Crippen LogP) is 2.93. The quantitative estimate of drug-likeness (QED) is 0.721. The van der Waals surface area contributed by atoms with Gasteiger partial charge in [0.1, 0.15) is 0 Å². The Balaban J connectivity index is 2.22. The molecule has 0 unspecified atom stereocenters. The highest BCUT2D eigenvalue weighted by atomic mass is 16.4. The smallest absolute Gasteiger partial charge is 0.336 e. The summed E-state index contributed by atoms with van der Waals surface area (Å²) in [5.74, 6) is -0.921. The van der Waals surface area contributed by atoms with Gasteiger partial charge in [-0.25, -0.2) is 9.78 Å². The first-order valence-corrected chi connectivity index (χ1v) is 5.51. The first-order chi connectivity index (χ1) is 8.75. The van der Waals surface area contributed by atoms with Crippen LogP contribution in [0.25, 0.3) is 22.2 Å². The van der Waals surface area contributed by atoms with Crippen molar-refractivity contribution in [1.82, 2.24) is 9.97 Å². The van der Waals surface area contributed by atoms with Crippen molar-refractivity contribution >= 4 is 17.0 Å². The van der Waals surface area contributed by atoms with E-state index in [0.717, 1.165) is 16.6 Å². The molecule has 2 N–H and O–H groups in total. The van der Waals surface area contributed by atoms with Crippen LogP contribution in [-0.2, 0) is 0 Å². The van der Waals surface area contributed by atoms with Gasteiger partial charge in [-0.05, 0) is 29.3 Å². The normalized spacial score (nSPS) is 10.7. The second-order valence-electron chi connectivity index (χ2n) is 3.99. The van der Waals surface area contributed by atoms with Crippen LogP contribution < -0.4 is 0 Å². The fraction of sp³-hybridized carbons (Fsp3) is 0. The first-order valence-electron chi connectivity index (χ1n) is 5.51. The molecule has 3 rings (SSSR count). The third-order valence-corrected chi connectivity index (χ3v) is 2.89. The number of aromatic nitrogens is 2. The number of H-pyrrole nitrogens is 1. The Hall–Kier alpha value is -2.62. The summed E-state index contributed by atoms with van der Waals surface area (Å²) in [6, 6.07) is 12.6. The molecule has 0 radical (unpaired) electrons. The molecule has 0 saturated carbocycles. The summed E-state index contributed by atoms with van der Waals surface area (Å²) in [4.78, 5) is 18.3. The van der Waals surface area contributed by atoms with Gasteiger partial charge in [0.25, 0.3) is 0 Å². The molecular weight excluding hydrogens is 228 g/mol. The Kier molecular flexibility index (Phi) is 2.34. The molecule has 2 aromatic carbocycles. The van der Waals surface area contributed by atoms with Crippen molar-refractivity contribution in [2.45, 2.75) is 0 Å². The van der Waals surface area contributed by atoms with E-state index in [4.69, 9.17) is 0 Å². The van der Waals surface area contributed by atoms with Gasteiger partial charge in [0.15, 0.2) is 0 Å². The molecule has 0 bridgehead atoms. The number of nitrogens with one attached hydrogen (secondary N) is 1. The van der Waals surface area contributed by atoms with Gasteiger partial charge in [0.2, 0.25) is 0 Å². The van der Waals surface area contributed by atoms with Crippen LogP contribution in [-0.4, -0.2) is 21.0 Å². The summed E-state index contributed by atoms with van der Waals surface area (Å²) >= 11 is 0. The Labute approximate surface area is 103 Å². The van der Waals surface area contributed by atoms with Gasteiger partial charge in [-0.1, -0.05) is 24.3 Å². The molecule has 0 aliphatic carbocycles. The highest BCUT2D eigenvalue weighted by Gasteiger charge is 2.11. The number of nitrogens with zero attached hydrogens (tertiary/aromatic N) is 1. The molecule has 0 amide bonds. The fourth-order valence-corrected chi connectivity index (χ4v) is 2.02. The molecule has 0 fully saturated rings. The lowest BCUT2D eigenvalue weighted by atomic mass is 9.99.